The molecule has 0 aliphatic heterocycles. The first-order valence-electron chi connectivity index (χ1n) is 8.22. The zero-order valence-electron chi connectivity index (χ0n) is 14.5. The minimum atomic E-state index is -0.379. The first kappa shape index (κ1) is 18.7. The van der Waals surface area contributed by atoms with Crippen LogP contribution < -0.4 is 15.4 Å². The van der Waals surface area contributed by atoms with Crippen LogP contribution in [0.5, 0.6) is 5.75 Å². The Balaban J connectivity index is 1.81. The van der Waals surface area contributed by atoms with Crippen LogP contribution in [0, 0.1) is 11.6 Å². The number of nitrogens with zero attached hydrogens (tertiary/aromatic N) is 1. The zero-order valence-corrected chi connectivity index (χ0v) is 14.5. The molecule has 2 aromatic carbocycles. The van der Waals surface area contributed by atoms with Gasteiger partial charge in [0.05, 0.1) is 6.61 Å². The number of aliphatic imine (C=N–C) groups is 1. The minimum absolute atomic E-state index is 0.238. The third-order valence-corrected chi connectivity index (χ3v) is 3.57. The molecule has 2 rings (SSSR count). The van der Waals surface area contributed by atoms with E-state index in [2.05, 4.69) is 15.6 Å². The van der Waals surface area contributed by atoms with Gasteiger partial charge >= 0.3 is 0 Å². The van der Waals surface area contributed by atoms with Crippen LogP contribution in [-0.2, 0) is 13.0 Å². The Kier molecular flexibility index (Phi) is 7.19. The second-order valence-electron chi connectivity index (χ2n) is 5.43. The fraction of sp³-hybridized carbons (Fsp3) is 0.316. The predicted molar refractivity (Wildman–Crippen MR) is 95.9 cm³/mol. The summed E-state index contributed by atoms with van der Waals surface area (Å²) in [6.07, 6.45) is 0.677. The Morgan fingerprint density at radius 2 is 1.92 bits per heavy atom. The maximum atomic E-state index is 13.8. The SMILES string of the molecule is CCOc1ccc(CNC(=NC)NCCc2cccc(F)c2)cc1F. The summed E-state index contributed by atoms with van der Waals surface area (Å²) in [7, 11) is 1.66. The molecule has 0 amide bonds. The summed E-state index contributed by atoms with van der Waals surface area (Å²) in [6.45, 7) is 3.29. The summed E-state index contributed by atoms with van der Waals surface area (Å²) in [5.41, 5.74) is 1.70. The van der Waals surface area contributed by atoms with E-state index < -0.39 is 0 Å². The molecule has 2 N–H and O–H groups in total. The number of rotatable bonds is 7. The molecule has 0 fully saturated rings. The lowest BCUT2D eigenvalue weighted by molar-refractivity contribution is 0.321. The number of hydrogen-bond acceptors (Lipinski definition) is 2. The van der Waals surface area contributed by atoms with E-state index in [1.54, 1.807) is 25.2 Å². The standard InChI is InChI=1S/C19H23F2N3O/c1-3-25-18-8-7-15(12-17(18)21)13-24-19(22-2)23-10-9-14-5-4-6-16(20)11-14/h4-8,11-12H,3,9-10,13H2,1-2H3,(H2,22,23,24). The second-order valence-corrected chi connectivity index (χ2v) is 5.43. The van der Waals surface area contributed by atoms with Crippen LogP contribution in [0.25, 0.3) is 0 Å². The van der Waals surface area contributed by atoms with Crippen LogP contribution in [0.1, 0.15) is 18.1 Å². The Hall–Kier alpha value is -2.63. The van der Waals surface area contributed by atoms with E-state index >= 15 is 0 Å². The topological polar surface area (TPSA) is 45.6 Å². The molecule has 0 atom stereocenters. The average Bonchev–Trinajstić information content (AvgIpc) is 2.60. The van der Waals surface area contributed by atoms with Gasteiger partial charge in [0.15, 0.2) is 17.5 Å². The molecule has 2 aromatic rings. The van der Waals surface area contributed by atoms with Crippen LogP contribution in [0.15, 0.2) is 47.5 Å². The van der Waals surface area contributed by atoms with Gasteiger partial charge in [-0.2, -0.15) is 0 Å². The summed E-state index contributed by atoms with van der Waals surface area (Å²) in [5, 5.41) is 6.27. The monoisotopic (exact) mass is 347 g/mol. The lowest BCUT2D eigenvalue weighted by Crippen LogP contribution is -2.37. The summed E-state index contributed by atoms with van der Waals surface area (Å²) >= 11 is 0. The highest BCUT2D eigenvalue weighted by molar-refractivity contribution is 5.79. The van der Waals surface area contributed by atoms with Crippen molar-refractivity contribution in [3.05, 3.63) is 65.2 Å². The molecule has 134 valence electrons. The molecule has 0 radical (unpaired) electrons. The molecule has 0 heterocycles. The van der Waals surface area contributed by atoms with Crippen LogP contribution >= 0.6 is 0 Å². The normalized spacial score (nSPS) is 11.3. The van der Waals surface area contributed by atoms with Crippen LogP contribution in [0.4, 0.5) is 8.78 Å². The van der Waals surface area contributed by atoms with Gasteiger partial charge in [-0.1, -0.05) is 18.2 Å². The van der Waals surface area contributed by atoms with Gasteiger partial charge in [-0.25, -0.2) is 8.78 Å². The van der Waals surface area contributed by atoms with Crippen molar-refractivity contribution in [1.82, 2.24) is 10.6 Å². The molecule has 6 heteroatoms. The largest absolute Gasteiger partial charge is 0.491 e. The summed E-state index contributed by atoms with van der Waals surface area (Å²) in [5.74, 6) is 0.238. The number of benzene rings is 2. The third kappa shape index (κ3) is 6.06. The van der Waals surface area contributed by atoms with Gasteiger partial charge in [-0.15, -0.1) is 0 Å². The maximum absolute atomic E-state index is 13.8. The summed E-state index contributed by atoms with van der Waals surface area (Å²) in [4.78, 5) is 4.12. The highest BCUT2D eigenvalue weighted by Crippen LogP contribution is 2.18. The number of hydrogen-bond donors (Lipinski definition) is 2. The van der Waals surface area contributed by atoms with E-state index in [9.17, 15) is 8.78 Å². The maximum Gasteiger partial charge on any atom is 0.191 e. The molecule has 0 aliphatic carbocycles. The zero-order chi connectivity index (χ0) is 18.1. The van der Waals surface area contributed by atoms with Gasteiger partial charge in [-0.3, -0.25) is 4.99 Å². The number of ether oxygens (including phenoxy) is 1. The van der Waals surface area contributed by atoms with Crippen molar-refractivity contribution >= 4 is 5.96 Å². The van der Waals surface area contributed by atoms with Crippen molar-refractivity contribution in [3.8, 4) is 5.75 Å². The lowest BCUT2D eigenvalue weighted by atomic mass is 10.1. The molecule has 0 bridgehead atoms. The third-order valence-electron chi connectivity index (χ3n) is 3.57. The number of halogens is 2. The van der Waals surface area contributed by atoms with E-state index in [1.165, 1.54) is 18.2 Å². The Labute approximate surface area is 146 Å². The molecular formula is C19H23F2N3O. The molecule has 0 saturated carbocycles. The van der Waals surface area contributed by atoms with Crippen molar-refractivity contribution in [1.29, 1.82) is 0 Å². The quantitative estimate of drug-likeness (QED) is 0.597. The van der Waals surface area contributed by atoms with Gasteiger partial charge in [0.25, 0.3) is 0 Å². The fourth-order valence-corrected chi connectivity index (χ4v) is 2.35. The molecule has 0 aliphatic rings. The average molecular weight is 347 g/mol. The van der Waals surface area contributed by atoms with Crippen LogP contribution in [-0.4, -0.2) is 26.2 Å². The number of guanidine groups is 1. The summed E-state index contributed by atoms with van der Waals surface area (Å²) in [6, 6.07) is 11.4. The Morgan fingerprint density at radius 1 is 1.08 bits per heavy atom. The molecule has 25 heavy (non-hydrogen) atoms. The molecule has 0 saturated heterocycles. The van der Waals surface area contributed by atoms with Gasteiger partial charge in [0, 0.05) is 20.1 Å². The van der Waals surface area contributed by atoms with Crippen molar-refractivity contribution in [2.45, 2.75) is 19.9 Å². The first-order valence-corrected chi connectivity index (χ1v) is 8.22. The van der Waals surface area contributed by atoms with Gasteiger partial charge in [0.1, 0.15) is 5.82 Å². The fourth-order valence-electron chi connectivity index (χ4n) is 2.35. The van der Waals surface area contributed by atoms with Crippen LogP contribution in [0.2, 0.25) is 0 Å². The van der Waals surface area contributed by atoms with Gasteiger partial charge < -0.3 is 15.4 Å². The van der Waals surface area contributed by atoms with Crippen molar-refractivity contribution in [3.63, 3.8) is 0 Å². The van der Waals surface area contributed by atoms with Crippen molar-refractivity contribution in [2.24, 2.45) is 4.99 Å². The van der Waals surface area contributed by atoms with E-state index in [4.69, 9.17) is 4.74 Å². The summed E-state index contributed by atoms with van der Waals surface area (Å²) < 4.78 is 32.2. The highest BCUT2D eigenvalue weighted by atomic mass is 19.1. The number of nitrogens with one attached hydrogen (secondary N) is 2. The van der Waals surface area contributed by atoms with E-state index in [1.807, 2.05) is 13.0 Å². The smallest absolute Gasteiger partial charge is 0.191 e. The molecule has 0 aromatic heterocycles. The highest BCUT2D eigenvalue weighted by Gasteiger charge is 2.05. The van der Waals surface area contributed by atoms with Gasteiger partial charge in [-0.05, 0) is 48.7 Å². The Morgan fingerprint density at radius 3 is 2.60 bits per heavy atom. The lowest BCUT2D eigenvalue weighted by Gasteiger charge is -2.13. The van der Waals surface area contributed by atoms with E-state index in [0.29, 0.717) is 32.1 Å². The molecule has 0 spiro atoms. The molecule has 0 unspecified atom stereocenters. The van der Waals surface area contributed by atoms with Gasteiger partial charge in [0.2, 0.25) is 0 Å². The van der Waals surface area contributed by atoms with Crippen molar-refractivity contribution in [2.75, 3.05) is 20.2 Å². The Bertz CT molecular complexity index is 720. The van der Waals surface area contributed by atoms with Crippen molar-refractivity contribution < 1.29 is 13.5 Å². The van der Waals surface area contributed by atoms with E-state index in [0.717, 1.165) is 11.1 Å². The minimum Gasteiger partial charge on any atom is -0.491 e. The van der Waals surface area contributed by atoms with Crippen LogP contribution in [0.3, 0.4) is 0 Å². The predicted octanol–water partition coefficient (Wildman–Crippen LogP) is 3.27. The molecular weight excluding hydrogens is 324 g/mol. The first-order chi connectivity index (χ1) is 12.1. The van der Waals surface area contributed by atoms with E-state index in [-0.39, 0.29) is 17.4 Å². The molecule has 4 nitrogen and oxygen atoms in total. The second kappa shape index (κ2) is 9.61.